The summed E-state index contributed by atoms with van der Waals surface area (Å²) >= 11 is 0. The van der Waals surface area contributed by atoms with E-state index in [2.05, 4.69) is 4.98 Å². The minimum absolute atomic E-state index is 0.0477. The minimum Gasteiger partial charge on any atom is -0.308 e. The Hall–Kier alpha value is -3.14. The SMILES string of the molecule is Cn1c(=O)c(C(Cc2ccccc2)CC(F)(F)F)nc2cc(C#N)ccc21. The Labute approximate surface area is 153 Å². The molecular weight excluding hydrogens is 355 g/mol. The van der Waals surface area contributed by atoms with Crippen LogP contribution in [0.3, 0.4) is 0 Å². The standard InChI is InChI=1S/C20H16F3N3O/c1-26-17-8-7-14(12-24)10-16(17)25-18(19(26)27)15(11-20(21,22)23)9-13-5-3-2-4-6-13/h2-8,10,15H,9,11H2,1H3. The summed E-state index contributed by atoms with van der Waals surface area (Å²) in [6.07, 6.45) is -5.53. The Bertz CT molecular complexity index is 1070. The van der Waals surface area contributed by atoms with Crippen molar-refractivity contribution in [3.05, 3.63) is 75.7 Å². The predicted molar refractivity (Wildman–Crippen MR) is 95.3 cm³/mol. The smallest absolute Gasteiger partial charge is 0.308 e. The van der Waals surface area contributed by atoms with Crippen LogP contribution in [0.15, 0.2) is 53.3 Å². The number of rotatable bonds is 4. The predicted octanol–water partition coefficient (Wildman–Crippen LogP) is 4.08. The Balaban J connectivity index is 2.15. The first-order chi connectivity index (χ1) is 12.8. The van der Waals surface area contributed by atoms with E-state index in [-0.39, 0.29) is 12.1 Å². The molecule has 3 rings (SSSR count). The third-order valence-corrected chi connectivity index (χ3v) is 4.42. The van der Waals surface area contributed by atoms with Gasteiger partial charge in [0.25, 0.3) is 5.56 Å². The summed E-state index contributed by atoms with van der Waals surface area (Å²) in [5.41, 5.74) is 1.12. The molecule has 1 aromatic heterocycles. The highest BCUT2D eigenvalue weighted by atomic mass is 19.4. The number of aryl methyl sites for hydroxylation is 1. The highest BCUT2D eigenvalue weighted by Crippen LogP contribution is 2.32. The number of halogens is 3. The lowest BCUT2D eigenvalue weighted by molar-refractivity contribution is -0.139. The summed E-state index contributed by atoms with van der Waals surface area (Å²) in [4.78, 5) is 17.0. The van der Waals surface area contributed by atoms with Crippen LogP contribution < -0.4 is 5.56 Å². The van der Waals surface area contributed by atoms with Crippen LogP contribution in [0.1, 0.15) is 29.2 Å². The Morgan fingerprint density at radius 1 is 1.19 bits per heavy atom. The number of fused-ring (bicyclic) bond motifs is 1. The van der Waals surface area contributed by atoms with Gasteiger partial charge in [-0.15, -0.1) is 0 Å². The summed E-state index contributed by atoms with van der Waals surface area (Å²) in [5.74, 6) is -1.11. The molecule has 1 atom stereocenters. The quantitative estimate of drug-likeness (QED) is 0.694. The van der Waals surface area contributed by atoms with Crippen LogP contribution >= 0.6 is 0 Å². The van der Waals surface area contributed by atoms with Crippen molar-refractivity contribution in [2.24, 2.45) is 7.05 Å². The molecule has 0 amide bonds. The third-order valence-electron chi connectivity index (χ3n) is 4.42. The molecular formula is C20H16F3N3O. The van der Waals surface area contributed by atoms with E-state index < -0.39 is 24.1 Å². The van der Waals surface area contributed by atoms with E-state index in [0.29, 0.717) is 22.2 Å². The molecule has 1 heterocycles. The van der Waals surface area contributed by atoms with Crippen LogP contribution in [0, 0.1) is 11.3 Å². The average molecular weight is 371 g/mol. The molecule has 0 N–H and O–H groups in total. The van der Waals surface area contributed by atoms with Crippen molar-refractivity contribution >= 4 is 11.0 Å². The molecule has 0 aliphatic carbocycles. The van der Waals surface area contributed by atoms with E-state index in [1.807, 2.05) is 6.07 Å². The molecule has 0 saturated carbocycles. The van der Waals surface area contributed by atoms with E-state index in [1.165, 1.54) is 17.7 Å². The fourth-order valence-electron chi connectivity index (χ4n) is 3.13. The second-order valence-electron chi connectivity index (χ2n) is 6.38. The molecule has 0 spiro atoms. The Kier molecular flexibility index (Phi) is 5.00. The van der Waals surface area contributed by atoms with Gasteiger partial charge in [0, 0.05) is 13.0 Å². The zero-order valence-electron chi connectivity index (χ0n) is 14.5. The first-order valence-electron chi connectivity index (χ1n) is 8.30. The van der Waals surface area contributed by atoms with Crippen LogP contribution in [0.2, 0.25) is 0 Å². The second kappa shape index (κ2) is 7.23. The number of aromatic nitrogens is 2. The molecule has 0 aliphatic heterocycles. The lowest BCUT2D eigenvalue weighted by atomic mass is 9.92. The molecule has 0 aliphatic rings. The summed E-state index contributed by atoms with van der Waals surface area (Å²) < 4.78 is 40.8. The highest BCUT2D eigenvalue weighted by Gasteiger charge is 2.35. The number of hydrogen-bond acceptors (Lipinski definition) is 3. The highest BCUT2D eigenvalue weighted by molar-refractivity contribution is 5.76. The minimum atomic E-state index is -4.43. The van der Waals surface area contributed by atoms with Crippen LogP contribution in [-0.4, -0.2) is 15.7 Å². The van der Waals surface area contributed by atoms with Gasteiger partial charge in [-0.3, -0.25) is 4.79 Å². The molecule has 0 radical (unpaired) electrons. The monoisotopic (exact) mass is 371 g/mol. The van der Waals surface area contributed by atoms with E-state index >= 15 is 0 Å². The van der Waals surface area contributed by atoms with Crippen LogP contribution in [0.4, 0.5) is 13.2 Å². The summed E-state index contributed by atoms with van der Waals surface area (Å²) in [5, 5.41) is 9.05. The van der Waals surface area contributed by atoms with E-state index in [0.717, 1.165) is 0 Å². The summed E-state index contributed by atoms with van der Waals surface area (Å²) in [6.45, 7) is 0. The molecule has 0 bridgehead atoms. The number of nitriles is 1. The van der Waals surface area contributed by atoms with Crippen molar-refractivity contribution in [1.82, 2.24) is 9.55 Å². The summed E-state index contributed by atoms with van der Waals surface area (Å²) in [6, 6.07) is 15.3. The van der Waals surface area contributed by atoms with Crippen molar-refractivity contribution < 1.29 is 13.2 Å². The zero-order chi connectivity index (χ0) is 19.6. The number of benzene rings is 2. The van der Waals surface area contributed by atoms with Gasteiger partial charge < -0.3 is 4.57 Å². The normalized spacial score (nSPS) is 12.7. The van der Waals surface area contributed by atoms with Gasteiger partial charge in [-0.25, -0.2) is 4.98 Å². The molecule has 3 aromatic rings. The molecule has 4 nitrogen and oxygen atoms in total. The van der Waals surface area contributed by atoms with Crippen molar-refractivity contribution in [2.45, 2.75) is 24.9 Å². The molecule has 0 saturated heterocycles. The molecule has 2 aromatic carbocycles. The lowest BCUT2D eigenvalue weighted by Gasteiger charge is -2.19. The topological polar surface area (TPSA) is 58.7 Å². The third kappa shape index (κ3) is 4.17. The van der Waals surface area contributed by atoms with Crippen LogP contribution in [0.25, 0.3) is 11.0 Å². The number of alkyl halides is 3. The molecule has 7 heteroatoms. The van der Waals surface area contributed by atoms with Gasteiger partial charge in [-0.2, -0.15) is 18.4 Å². The second-order valence-corrected chi connectivity index (χ2v) is 6.38. The largest absolute Gasteiger partial charge is 0.389 e. The van der Waals surface area contributed by atoms with Gasteiger partial charge >= 0.3 is 6.18 Å². The Morgan fingerprint density at radius 3 is 2.52 bits per heavy atom. The van der Waals surface area contributed by atoms with Gasteiger partial charge in [0.05, 0.1) is 29.1 Å². The van der Waals surface area contributed by atoms with Crippen LogP contribution in [0.5, 0.6) is 0 Å². The molecule has 0 fully saturated rings. The maximum Gasteiger partial charge on any atom is 0.389 e. The maximum absolute atomic E-state index is 13.2. The van der Waals surface area contributed by atoms with Crippen molar-refractivity contribution in [2.75, 3.05) is 0 Å². The van der Waals surface area contributed by atoms with Crippen LogP contribution in [-0.2, 0) is 13.5 Å². The van der Waals surface area contributed by atoms with E-state index in [1.54, 1.807) is 42.5 Å². The first-order valence-corrected chi connectivity index (χ1v) is 8.30. The molecule has 27 heavy (non-hydrogen) atoms. The van der Waals surface area contributed by atoms with Crippen molar-refractivity contribution in [1.29, 1.82) is 5.26 Å². The van der Waals surface area contributed by atoms with E-state index in [4.69, 9.17) is 5.26 Å². The van der Waals surface area contributed by atoms with Gasteiger partial charge in [-0.1, -0.05) is 30.3 Å². The van der Waals surface area contributed by atoms with Crippen molar-refractivity contribution in [3.63, 3.8) is 0 Å². The fourth-order valence-corrected chi connectivity index (χ4v) is 3.13. The maximum atomic E-state index is 13.2. The zero-order valence-corrected chi connectivity index (χ0v) is 14.5. The molecule has 1 unspecified atom stereocenters. The van der Waals surface area contributed by atoms with Gasteiger partial charge in [0.2, 0.25) is 0 Å². The van der Waals surface area contributed by atoms with Gasteiger partial charge in [-0.05, 0) is 30.2 Å². The number of nitrogens with zero attached hydrogens (tertiary/aromatic N) is 3. The van der Waals surface area contributed by atoms with E-state index in [9.17, 15) is 18.0 Å². The summed E-state index contributed by atoms with van der Waals surface area (Å²) in [7, 11) is 1.50. The van der Waals surface area contributed by atoms with Gasteiger partial charge in [0.1, 0.15) is 5.69 Å². The molecule has 138 valence electrons. The Morgan fingerprint density at radius 2 is 1.89 bits per heavy atom. The lowest BCUT2D eigenvalue weighted by Crippen LogP contribution is -2.28. The van der Waals surface area contributed by atoms with Gasteiger partial charge in [0.15, 0.2) is 0 Å². The van der Waals surface area contributed by atoms with Crippen molar-refractivity contribution in [3.8, 4) is 6.07 Å². The first kappa shape index (κ1) is 18.6. The fraction of sp³-hybridized carbons (Fsp3) is 0.250. The number of hydrogen-bond donors (Lipinski definition) is 0. The average Bonchev–Trinajstić information content (AvgIpc) is 2.63.